The molecule has 0 unspecified atom stereocenters. The predicted molar refractivity (Wildman–Crippen MR) is 104 cm³/mol. The number of thiophene rings is 1. The largest absolute Gasteiger partial charge is 0.364 e. The minimum Gasteiger partial charge on any atom is -0.364 e. The number of aromatic nitrogens is 3. The van der Waals surface area contributed by atoms with E-state index in [9.17, 15) is 4.79 Å². The number of hydrogen-bond acceptors (Lipinski definition) is 5. The van der Waals surface area contributed by atoms with E-state index >= 15 is 0 Å². The van der Waals surface area contributed by atoms with Gasteiger partial charge in [0.2, 0.25) is 0 Å². The van der Waals surface area contributed by atoms with Crippen LogP contribution in [0.25, 0.3) is 21.5 Å². The number of hydrogen-bond donors (Lipinski definition) is 3. The zero-order valence-corrected chi connectivity index (χ0v) is 14.9. The van der Waals surface area contributed by atoms with Gasteiger partial charge in [0.1, 0.15) is 11.5 Å². The van der Waals surface area contributed by atoms with Gasteiger partial charge in [0, 0.05) is 35.3 Å². The van der Waals surface area contributed by atoms with Crippen LogP contribution >= 0.6 is 11.3 Å². The van der Waals surface area contributed by atoms with Gasteiger partial charge in [-0.2, -0.15) is 0 Å². The fourth-order valence-electron chi connectivity index (χ4n) is 2.74. The quantitative estimate of drug-likeness (QED) is 0.505. The molecule has 26 heavy (non-hydrogen) atoms. The average molecular weight is 363 g/mol. The normalized spacial score (nSPS) is 10.8. The van der Waals surface area contributed by atoms with Crippen molar-refractivity contribution >= 4 is 34.1 Å². The first kappa shape index (κ1) is 16.3. The van der Waals surface area contributed by atoms with Crippen LogP contribution in [0.3, 0.4) is 0 Å². The summed E-state index contributed by atoms with van der Waals surface area (Å²) < 4.78 is 0. The number of anilines is 1. The van der Waals surface area contributed by atoms with Crippen LogP contribution in [0.15, 0.2) is 54.9 Å². The number of aromatic amines is 1. The molecule has 0 bridgehead atoms. The number of rotatable bonds is 5. The second-order valence-electron chi connectivity index (χ2n) is 5.71. The molecule has 0 aliphatic rings. The molecule has 0 aromatic carbocycles. The first-order valence-corrected chi connectivity index (χ1v) is 9.00. The first-order valence-electron chi connectivity index (χ1n) is 8.19. The van der Waals surface area contributed by atoms with Crippen molar-refractivity contribution in [2.75, 3.05) is 12.4 Å². The minimum atomic E-state index is -0.0749. The Labute approximate surface area is 154 Å². The summed E-state index contributed by atoms with van der Waals surface area (Å²) >= 11 is 1.47. The van der Waals surface area contributed by atoms with Crippen molar-refractivity contribution in [3.63, 3.8) is 0 Å². The molecule has 6 nitrogen and oxygen atoms in total. The van der Waals surface area contributed by atoms with Crippen LogP contribution in [0, 0.1) is 0 Å². The van der Waals surface area contributed by atoms with E-state index < -0.39 is 0 Å². The summed E-state index contributed by atoms with van der Waals surface area (Å²) in [6, 6.07) is 13.7. The Morgan fingerprint density at radius 3 is 2.96 bits per heavy atom. The maximum atomic E-state index is 11.9. The summed E-state index contributed by atoms with van der Waals surface area (Å²) in [5.74, 6) is 0.685. The maximum Gasteiger partial charge on any atom is 0.261 e. The fourth-order valence-corrected chi connectivity index (χ4v) is 3.73. The Kier molecular flexibility index (Phi) is 4.37. The van der Waals surface area contributed by atoms with E-state index in [1.54, 1.807) is 13.2 Å². The molecule has 7 heteroatoms. The van der Waals surface area contributed by atoms with Crippen molar-refractivity contribution in [3.05, 3.63) is 65.4 Å². The van der Waals surface area contributed by atoms with Gasteiger partial charge in [-0.25, -0.2) is 4.98 Å². The summed E-state index contributed by atoms with van der Waals surface area (Å²) in [5, 5.41) is 7.01. The summed E-state index contributed by atoms with van der Waals surface area (Å²) in [6.07, 6.45) is 3.65. The number of nitrogens with zero attached hydrogens (tertiary/aromatic N) is 2. The Morgan fingerprint density at radius 1 is 1.23 bits per heavy atom. The summed E-state index contributed by atoms with van der Waals surface area (Å²) in [5.41, 5.74) is 2.79. The van der Waals surface area contributed by atoms with Crippen LogP contribution in [0.1, 0.15) is 15.4 Å². The summed E-state index contributed by atoms with van der Waals surface area (Å²) in [6.45, 7) is 0.591. The molecule has 0 fully saturated rings. The third-order valence-electron chi connectivity index (χ3n) is 4.03. The number of fused-ring (bicyclic) bond motifs is 1. The second-order valence-corrected chi connectivity index (χ2v) is 6.80. The van der Waals surface area contributed by atoms with Gasteiger partial charge in [0.05, 0.1) is 17.1 Å². The summed E-state index contributed by atoms with van der Waals surface area (Å²) in [4.78, 5) is 25.7. The molecule has 1 amide bonds. The Hall–Kier alpha value is -3.19. The first-order chi connectivity index (χ1) is 12.7. The average Bonchev–Trinajstić information content (AvgIpc) is 3.35. The molecule has 4 aromatic heterocycles. The smallest absolute Gasteiger partial charge is 0.261 e. The van der Waals surface area contributed by atoms with Crippen molar-refractivity contribution in [1.82, 2.24) is 20.3 Å². The highest BCUT2D eigenvalue weighted by Crippen LogP contribution is 2.34. The van der Waals surface area contributed by atoms with E-state index in [1.807, 2.05) is 48.7 Å². The minimum absolute atomic E-state index is 0.0749. The van der Waals surface area contributed by atoms with Crippen LogP contribution < -0.4 is 10.6 Å². The van der Waals surface area contributed by atoms with Gasteiger partial charge < -0.3 is 15.6 Å². The number of nitrogens with one attached hydrogen (secondary N) is 3. The van der Waals surface area contributed by atoms with Gasteiger partial charge in [0.25, 0.3) is 5.91 Å². The molecule has 0 spiro atoms. The maximum absolute atomic E-state index is 11.9. The Morgan fingerprint density at radius 2 is 2.15 bits per heavy atom. The topological polar surface area (TPSA) is 82.7 Å². The highest BCUT2D eigenvalue weighted by molar-refractivity contribution is 7.17. The van der Waals surface area contributed by atoms with Crippen LogP contribution in [-0.4, -0.2) is 27.9 Å². The lowest BCUT2D eigenvalue weighted by atomic mass is 10.1. The molecule has 3 N–H and O–H groups in total. The molecule has 0 saturated carbocycles. The van der Waals surface area contributed by atoms with Crippen molar-refractivity contribution in [2.24, 2.45) is 0 Å². The highest BCUT2D eigenvalue weighted by Gasteiger charge is 2.13. The molecule has 130 valence electrons. The number of carbonyl (C=O) groups excluding carboxylic acids is 1. The molecule has 0 aliphatic carbocycles. The van der Waals surface area contributed by atoms with Crippen molar-refractivity contribution in [3.8, 4) is 10.4 Å². The van der Waals surface area contributed by atoms with E-state index in [4.69, 9.17) is 0 Å². The molecule has 4 heterocycles. The van der Waals surface area contributed by atoms with E-state index in [2.05, 4.69) is 25.6 Å². The van der Waals surface area contributed by atoms with Gasteiger partial charge in [0.15, 0.2) is 0 Å². The van der Waals surface area contributed by atoms with Crippen LogP contribution in [0.4, 0.5) is 5.82 Å². The Balaban J connectivity index is 1.68. The molecular formula is C19H17N5OS. The lowest BCUT2D eigenvalue weighted by Gasteiger charge is -2.08. The molecular weight excluding hydrogens is 346 g/mol. The number of pyridine rings is 2. The van der Waals surface area contributed by atoms with Crippen molar-refractivity contribution in [2.45, 2.75) is 6.54 Å². The van der Waals surface area contributed by atoms with E-state index in [1.165, 1.54) is 11.3 Å². The predicted octanol–water partition coefficient (Wildman–Crippen LogP) is 3.66. The summed E-state index contributed by atoms with van der Waals surface area (Å²) in [7, 11) is 1.64. The van der Waals surface area contributed by atoms with Crippen LogP contribution in [-0.2, 0) is 6.54 Å². The zero-order valence-electron chi connectivity index (χ0n) is 14.1. The number of amides is 1. The number of carbonyl (C=O) groups is 1. The van der Waals surface area contributed by atoms with Gasteiger partial charge in [-0.05, 0) is 36.4 Å². The fraction of sp³-hybridized carbons (Fsp3) is 0.105. The van der Waals surface area contributed by atoms with E-state index in [-0.39, 0.29) is 5.91 Å². The lowest BCUT2D eigenvalue weighted by molar-refractivity contribution is 0.0967. The van der Waals surface area contributed by atoms with E-state index in [0.29, 0.717) is 11.4 Å². The van der Waals surface area contributed by atoms with Gasteiger partial charge >= 0.3 is 0 Å². The van der Waals surface area contributed by atoms with Crippen molar-refractivity contribution < 1.29 is 4.79 Å². The molecule has 0 radical (unpaired) electrons. The van der Waals surface area contributed by atoms with E-state index in [0.717, 1.165) is 33.0 Å². The van der Waals surface area contributed by atoms with Crippen LogP contribution in [0.2, 0.25) is 0 Å². The zero-order chi connectivity index (χ0) is 17.9. The molecule has 4 aromatic rings. The van der Waals surface area contributed by atoms with Gasteiger partial charge in [-0.15, -0.1) is 11.3 Å². The van der Waals surface area contributed by atoms with Gasteiger partial charge in [-0.1, -0.05) is 6.07 Å². The highest BCUT2D eigenvalue weighted by atomic mass is 32.1. The van der Waals surface area contributed by atoms with Crippen LogP contribution in [0.5, 0.6) is 0 Å². The molecule has 0 aliphatic heterocycles. The number of H-pyrrole nitrogens is 1. The Bertz CT molecular complexity index is 1050. The van der Waals surface area contributed by atoms with Gasteiger partial charge in [-0.3, -0.25) is 9.78 Å². The molecule has 0 atom stereocenters. The third-order valence-corrected chi connectivity index (χ3v) is 5.15. The monoisotopic (exact) mass is 363 g/mol. The molecule has 0 saturated heterocycles. The molecule has 4 rings (SSSR count). The lowest BCUT2D eigenvalue weighted by Crippen LogP contribution is -2.15. The SMILES string of the molecule is CNC(=O)c1ccc(-c2cc(NCc3ccccn3)nc3[nH]ccc23)s1. The van der Waals surface area contributed by atoms with Crippen molar-refractivity contribution in [1.29, 1.82) is 0 Å². The third kappa shape index (κ3) is 3.16. The standard InChI is InChI=1S/C19H17N5OS/c1-20-19(25)16-6-5-15(26-16)14-10-17(24-18-13(14)7-9-22-18)23-11-12-4-2-3-8-21-12/h2-10H,11H2,1H3,(H,20,25)(H2,22,23,24). The second kappa shape index (κ2) is 6.97.